The van der Waals surface area contributed by atoms with Crippen molar-refractivity contribution in [2.45, 2.75) is 12.8 Å². The lowest BCUT2D eigenvalue weighted by Gasteiger charge is -2.19. The van der Waals surface area contributed by atoms with Crippen molar-refractivity contribution in [3.05, 3.63) is 0 Å². The summed E-state index contributed by atoms with van der Waals surface area (Å²) >= 11 is 0. The zero-order valence-corrected chi connectivity index (χ0v) is 5.39. The molecule has 0 aliphatic carbocycles. The van der Waals surface area contributed by atoms with Crippen molar-refractivity contribution < 1.29 is 4.79 Å². The van der Waals surface area contributed by atoms with Gasteiger partial charge in [-0.15, -0.1) is 0 Å². The van der Waals surface area contributed by atoms with Crippen LogP contribution in [0.3, 0.4) is 0 Å². The van der Waals surface area contributed by atoms with Gasteiger partial charge >= 0.3 is 0 Å². The molecule has 0 bridgehead atoms. The first-order valence-electron chi connectivity index (χ1n) is 3.31. The Labute approximate surface area is 56.4 Å². The number of hydrogen-bond acceptors (Lipinski definition) is 2. The van der Waals surface area contributed by atoms with E-state index in [1.807, 2.05) is 0 Å². The minimum absolute atomic E-state index is 0.131. The van der Waals surface area contributed by atoms with Crippen LogP contribution in [0.25, 0.3) is 0 Å². The van der Waals surface area contributed by atoms with Crippen LogP contribution in [-0.4, -0.2) is 26.6 Å². The van der Waals surface area contributed by atoms with Crippen LogP contribution >= 0.6 is 0 Å². The Morgan fingerprint density at radius 2 is 2.00 bits per heavy atom. The number of carbonyl (C=O) groups excluding carboxylic acids is 1. The molecule has 1 heterocycles. The Morgan fingerprint density at radius 3 is 2.33 bits per heavy atom. The Morgan fingerprint density at radius 1 is 1.44 bits per heavy atom. The summed E-state index contributed by atoms with van der Waals surface area (Å²) in [7, 11) is 5.10. The van der Waals surface area contributed by atoms with Crippen LogP contribution < -0.4 is 5.32 Å². The van der Waals surface area contributed by atoms with Crippen molar-refractivity contribution in [1.29, 1.82) is 0 Å². The Balaban J connectivity index is 2.31. The number of rotatable bonds is 1. The summed E-state index contributed by atoms with van der Waals surface area (Å²) in [6, 6.07) is 0. The van der Waals surface area contributed by atoms with Crippen molar-refractivity contribution in [3.8, 4) is 0 Å². The number of hydrogen-bond donors (Lipinski definition) is 1. The second-order valence-corrected chi connectivity index (χ2v) is 2.43. The van der Waals surface area contributed by atoms with E-state index in [0.29, 0.717) is 0 Å². The fourth-order valence-electron chi connectivity index (χ4n) is 1.11. The quantitative estimate of drug-likeness (QED) is 0.484. The van der Waals surface area contributed by atoms with E-state index < -0.39 is 0 Å². The maximum absolute atomic E-state index is 10.5. The van der Waals surface area contributed by atoms with Crippen LogP contribution in [-0.2, 0) is 4.79 Å². The average Bonchev–Trinajstić information content (AvgIpc) is 1.90. The monoisotopic (exact) mass is 123 g/mol. The first-order valence-corrected chi connectivity index (χ1v) is 3.31. The molecule has 1 saturated heterocycles. The predicted octanol–water partition coefficient (Wildman–Crippen LogP) is -0.319. The van der Waals surface area contributed by atoms with Gasteiger partial charge in [0.1, 0.15) is 0 Å². The van der Waals surface area contributed by atoms with E-state index in [-0.39, 0.29) is 11.6 Å². The summed E-state index contributed by atoms with van der Waals surface area (Å²) in [5.74, 6) is 0.131. The molecular formula is C6H10BNO. The van der Waals surface area contributed by atoms with E-state index in [9.17, 15) is 4.79 Å². The summed E-state index contributed by atoms with van der Waals surface area (Å²) < 4.78 is 0. The van der Waals surface area contributed by atoms with Crippen molar-refractivity contribution in [1.82, 2.24) is 5.32 Å². The predicted molar refractivity (Wildman–Crippen MR) is 36.4 cm³/mol. The third-order valence-electron chi connectivity index (χ3n) is 1.74. The van der Waals surface area contributed by atoms with E-state index >= 15 is 0 Å². The molecule has 1 aliphatic heterocycles. The van der Waals surface area contributed by atoms with E-state index in [4.69, 9.17) is 7.85 Å². The Bertz CT molecular complexity index is 110. The molecule has 0 aromatic carbocycles. The molecule has 1 aliphatic rings. The third kappa shape index (κ3) is 1.82. The molecule has 48 valence electrons. The first kappa shape index (κ1) is 6.81. The number of piperidine rings is 1. The zero-order valence-electron chi connectivity index (χ0n) is 5.39. The highest BCUT2D eigenvalue weighted by Gasteiger charge is 2.15. The van der Waals surface area contributed by atoms with Crippen molar-refractivity contribution >= 4 is 13.5 Å². The Hall–Kier alpha value is -0.305. The highest BCUT2D eigenvalue weighted by molar-refractivity contribution is 6.58. The average molecular weight is 123 g/mol. The van der Waals surface area contributed by atoms with Crippen LogP contribution in [0.2, 0.25) is 0 Å². The summed E-state index contributed by atoms with van der Waals surface area (Å²) in [5.41, 5.74) is -0.142. The largest absolute Gasteiger partial charge is 0.317 e. The molecular weight excluding hydrogens is 113 g/mol. The molecule has 1 N–H and O–H groups in total. The summed E-state index contributed by atoms with van der Waals surface area (Å²) in [6.45, 7) is 1.88. The fourth-order valence-corrected chi connectivity index (χ4v) is 1.11. The van der Waals surface area contributed by atoms with Crippen molar-refractivity contribution in [2.75, 3.05) is 13.1 Å². The van der Waals surface area contributed by atoms with Gasteiger partial charge < -0.3 is 10.1 Å². The van der Waals surface area contributed by atoms with Gasteiger partial charge in [0.15, 0.2) is 7.85 Å². The van der Waals surface area contributed by atoms with Crippen molar-refractivity contribution in [3.63, 3.8) is 0 Å². The first-order chi connectivity index (χ1) is 4.30. The fraction of sp³-hybridized carbons (Fsp3) is 0.833. The van der Waals surface area contributed by atoms with Crippen LogP contribution in [0.4, 0.5) is 0 Å². The molecule has 0 spiro atoms. The van der Waals surface area contributed by atoms with E-state index in [1.165, 1.54) is 0 Å². The molecule has 0 unspecified atom stereocenters. The summed E-state index contributed by atoms with van der Waals surface area (Å²) in [5, 5.41) is 3.16. The molecule has 3 heteroatoms. The summed E-state index contributed by atoms with van der Waals surface area (Å²) in [4.78, 5) is 10.5. The van der Waals surface area contributed by atoms with E-state index in [2.05, 4.69) is 5.32 Å². The second kappa shape index (κ2) is 3.02. The van der Waals surface area contributed by atoms with Crippen molar-refractivity contribution in [2.24, 2.45) is 5.92 Å². The molecule has 0 aromatic heterocycles. The number of nitrogens with one attached hydrogen (secondary N) is 1. The van der Waals surface area contributed by atoms with Gasteiger partial charge in [0, 0.05) is 5.92 Å². The van der Waals surface area contributed by atoms with Crippen LogP contribution in [0.5, 0.6) is 0 Å². The third-order valence-corrected chi connectivity index (χ3v) is 1.74. The molecule has 1 fully saturated rings. The lowest BCUT2D eigenvalue weighted by Crippen LogP contribution is -2.31. The van der Waals surface area contributed by atoms with E-state index in [1.54, 1.807) is 0 Å². The van der Waals surface area contributed by atoms with Gasteiger partial charge in [-0.05, 0) is 25.9 Å². The smallest absolute Gasteiger partial charge is 0.168 e. The van der Waals surface area contributed by atoms with Crippen LogP contribution in [0, 0.1) is 5.92 Å². The molecule has 0 atom stereocenters. The molecule has 0 amide bonds. The molecule has 2 nitrogen and oxygen atoms in total. The summed E-state index contributed by atoms with van der Waals surface area (Å²) in [6.07, 6.45) is 1.82. The SMILES string of the molecule is [B]C(=O)C1CCNCC1. The van der Waals surface area contributed by atoms with Crippen LogP contribution in [0.15, 0.2) is 0 Å². The van der Waals surface area contributed by atoms with Gasteiger partial charge in [-0.25, -0.2) is 0 Å². The van der Waals surface area contributed by atoms with Gasteiger partial charge in [-0.3, -0.25) is 0 Å². The highest BCUT2D eigenvalue weighted by atomic mass is 16.1. The van der Waals surface area contributed by atoms with Crippen LogP contribution in [0.1, 0.15) is 12.8 Å². The standard InChI is InChI=1S/C6H10BNO/c7-6(9)5-1-3-8-4-2-5/h5,8H,1-4H2. The minimum atomic E-state index is -0.142. The molecule has 1 rings (SSSR count). The molecule has 0 saturated carbocycles. The topological polar surface area (TPSA) is 29.1 Å². The van der Waals surface area contributed by atoms with Gasteiger partial charge in [0.2, 0.25) is 0 Å². The minimum Gasteiger partial charge on any atom is -0.317 e. The molecule has 2 radical (unpaired) electrons. The van der Waals surface area contributed by atoms with E-state index in [0.717, 1.165) is 25.9 Å². The van der Waals surface area contributed by atoms with Gasteiger partial charge in [-0.2, -0.15) is 0 Å². The normalized spacial score (nSPS) is 21.8. The number of carbonyl (C=O) groups is 1. The van der Waals surface area contributed by atoms with Gasteiger partial charge in [-0.1, -0.05) is 0 Å². The second-order valence-electron chi connectivity index (χ2n) is 2.43. The maximum atomic E-state index is 10.5. The molecule has 0 aromatic rings. The zero-order chi connectivity index (χ0) is 6.69. The van der Waals surface area contributed by atoms with Gasteiger partial charge in [0.25, 0.3) is 0 Å². The lowest BCUT2D eigenvalue weighted by molar-refractivity contribution is -0.115. The van der Waals surface area contributed by atoms with Gasteiger partial charge in [0.05, 0.1) is 5.68 Å². The Kier molecular flexibility index (Phi) is 2.28. The lowest BCUT2D eigenvalue weighted by atomic mass is 9.83. The maximum Gasteiger partial charge on any atom is 0.168 e. The highest BCUT2D eigenvalue weighted by Crippen LogP contribution is 2.10. The molecule has 9 heavy (non-hydrogen) atoms.